The lowest BCUT2D eigenvalue weighted by Crippen LogP contribution is -2.28. The lowest BCUT2D eigenvalue weighted by molar-refractivity contribution is -0.0193. The predicted octanol–water partition coefficient (Wildman–Crippen LogP) is 4.71. The van der Waals surface area contributed by atoms with Gasteiger partial charge in [-0.25, -0.2) is 4.79 Å². The molecule has 0 saturated carbocycles. The van der Waals surface area contributed by atoms with Crippen LogP contribution < -0.4 is 0 Å². The summed E-state index contributed by atoms with van der Waals surface area (Å²) >= 11 is 0. The molecule has 22 heavy (non-hydrogen) atoms. The average Bonchev–Trinajstić information content (AvgIpc) is 2.44. The van der Waals surface area contributed by atoms with Crippen molar-refractivity contribution < 1.29 is 14.3 Å². The van der Waals surface area contributed by atoms with Crippen molar-refractivity contribution >= 4 is 6.16 Å². The van der Waals surface area contributed by atoms with Crippen LogP contribution in [0.2, 0.25) is 0 Å². The quantitative estimate of drug-likeness (QED) is 0.460. The summed E-state index contributed by atoms with van der Waals surface area (Å²) in [5.74, 6) is 6.13. The monoisotopic (exact) mass is 300 g/mol. The van der Waals surface area contributed by atoms with Crippen LogP contribution in [0.25, 0.3) is 0 Å². The molecule has 0 aliphatic heterocycles. The average molecular weight is 300 g/mol. The summed E-state index contributed by atoms with van der Waals surface area (Å²) in [4.78, 5) is 11.8. The lowest BCUT2D eigenvalue weighted by atomic mass is 10.1. The standard InChI is InChI=1S/C19H24O3/c1-6-15(2)17(21-18(20)22-19(3,4)5)14-10-13-16-11-8-7-9-12-16/h6-9,11-12,17H,14H2,1-5H3/b15-6+. The van der Waals surface area contributed by atoms with Crippen LogP contribution >= 0.6 is 0 Å². The van der Waals surface area contributed by atoms with Crippen LogP contribution in [-0.4, -0.2) is 17.9 Å². The minimum absolute atomic E-state index is 0.393. The molecule has 1 aromatic carbocycles. The van der Waals surface area contributed by atoms with Gasteiger partial charge in [-0.05, 0) is 52.3 Å². The third-order valence-electron chi connectivity index (χ3n) is 2.89. The van der Waals surface area contributed by atoms with Crippen molar-refractivity contribution in [2.24, 2.45) is 0 Å². The van der Waals surface area contributed by atoms with Crippen LogP contribution in [0.3, 0.4) is 0 Å². The third kappa shape index (κ3) is 6.99. The van der Waals surface area contributed by atoms with Crippen LogP contribution in [0.5, 0.6) is 0 Å². The molecule has 0 amide bonds. The summed E-state index contributed by atoms with van der Waals surface area (Å²) in [6, 6.07) is 9.72. The van der Waals surface area contributed by atoms with E-state index in [9.17, 15) is 4.79 Å². The van der Waals surface area contributed by atoms with Gasteiger partial charge >= 0.3 is 6.16 Å². The van der Waals surface area contributed by atoms with Crippen LogP contribution in [0.4, 0.5) is 4.79 Å². The predicted molar refractivity (Wildman–Crippen MR) is 88.5 cm³/mol. The molecule has 3 heteroatoms. The van der Waals surface area contributed by atoms with Crippen molar-refractivity contribution in [3.05, 3.63) is 47.5 Å². The number of carbonyl (C=O) groups excluding carboxylic acids is 1. The molecule has 0 radical (unpaired) electrons. The maximum absolute atomic E-state index is 11.8. The van der Waals surface area contributed by atoms with E-state index in [1.165, 1.54) is 0 Å². The second-order valence-corrected chi connectivity index (χ2v) is 5.98. The molecule has 0 aromatic heterocycles. The Morgan fingerprint density at radius 1 is 1.27 bits per heavy atom. The molecule has 0 bridgehead atoms. The molecular weight excluding hydrogens is 276 g/mol. The fourth-order valence-corrected chi connectivity index (χ4v) is 1.64. The molecule has 0 aliphatic carbocycles. The van der Waals surface area contributed by atoms with Crippen LogP contribution in [0.1, 0.15) is 46.6 Å². The zero-order valence-electron chi connectivity index (χ0n) is 14.0. The van der Waals surface area contributed by atoms with Gasteiger partial charge in [0.25, 0.3) is 0 Å². The summed E-state index contributed by atoms with van der Waals surface area (Å²) in [5, 5.41) is 0. The Balaban J connectivity index is 2.70. The molecule has 0 heterocycles. The smallest absolute Gasteiger partial charge is 0.429 e. The second-order valence-electron chi connectivity index (χ2n) is 5.98. The molecule has 118 valence electrons. The topological polar surface area (TPSA) is 35.5 Å². The minimum atomic E-state index is -0.666. The number of hydrogen-bond acceptors (Lipinski definition) is 3. The van der Waals surface area contributed by atoms with Crippen molar-refractivity contribution in [1.29, 1.82) is 0 Å². The minimum Gasteiger partial charge on any atom is -0.429 e. The summed E-state index contributed by atoms with van der Waals surface area (Å²) in [6.07, 6.45) is 1.29. The molecular formula is C19H24O3. The Morgan fingerprint density at radius 3 is 2.45 bits per heavy atom. The summed E-state index contributed by atoms with van der Waals surface area (Å²) in [6.45, 7) is 9.24. The molecule has 0 N–H and O–H groups in total. The molecule has 1 rings (SSSR count). The van der Waals surface area contributed by atoms with E-state index in [2.05, 4.69) is 11.8 Å². The van der Waals surface area contributed by atoms with Crippen LogP contribution in [0.15, 0.2) is 42.0 Å². The van der Waals surface area contributed by atoms with Crippen molar-refractivity contribution in [2.45, 2.75) is 52.7 Å². The van der Waals surface area contributed by atoms with E-state index < -0.39 is 17.9 Å². The van der Waals surface area contributed by atoms with Crippen LogP contribution in [0, 0.1) is 11.8 Å². The Hall–Kier alpha value is -2.21. The molecule has 0 aliphatic rings. The highest BCUT2D eigenvalue weighted by atomic mass is 16.7. The number of rotatable bonds is 3. The van der Waals surface area contributed by atoms with Gasteiger partial charge in [0.2, 0.25) is 0 Å². The number of allylic oxidation sites excluding steroid dienone is 1. The third-order valence-corrected chi connectivity index (χ3v) is 2.89. The van der Waals surface area contributed by atoms with E-state index in [1.54, 1.807) is 20.8 Å². The van der Waals surface area contributed by atoms with Gasteiger partial charge < -0.3 is 9.47 Å². The zero-order valence-corrected chi connectivity index (χ0v) is 14.0. The zero-order chi connectivity index (χ0) is 16.6. The van der Waals surface area contributed by atoms with E-state index in [1.807, 2.05) is 50.3 Å². The Bertz CT molecular complexity index is 568. The number of carbonyl (C=O) groups is 1. The first kappa shape index (κ1) is 17.8. The molecule has 0 saturated heterocycles. The Labute approximate surface area is 133 Å². The van der Waals surface area contributed by atoms with E-state index >= 15 is 0 Å². The van der Waals surface area contributed by atoms with Crippen LogP contribution in [-0.2, 0) is 9.47 Å². The van der Waals surface area contributed by atoms with Gasteiger partial charge in [-0.3, -0.25) is 0 Å². The van der Waals surface area contributed by atoms with Gasteiger partial charge in [0.15, 0.2) is 0 Å². The van der Waals surface area contributed by atoms with Gasteiger partial charge in [0.05, 0.1) is 6.42 Å². The van der Waals surface area contributed by atoms with Gasteiger partial charge in [-0.2, -0.15) is 0 Å². The maximum atomic E-state index is 11.8. The van der Waals surface area contributed by atoms with E-state index in [0.29, 0.717) is 6.42 Å². The first-order chi connectivity index (χ1) is 10.3. The maximum Gasteiger partial charge on any atom is 0.509 e. The molecule has 3 nitrogen and oxygen atoms in total. The van der Waals surface area contributed by atoms with E-state index in [4.69, 9.17) is 9.47 Å². The first-order valence-corrected chi connectivity index (χ1v) is 7.38. The second kappa shape index (κ2) is 8.29. The number of ether oxygens (including phenoxy) is 2. The molecule has 1 unspecified atom stereocenters. The highest BCUT2D eigenvalue weighted by Gasteiger charge is 2.21. The van der Waals surface area contributed by atoms with Gasteiger partial charge in [0, 0.05) is 5.56 Å². The number of hydrogen-bond donors (Lipinski definition) is 0. The normalized spacial score (nSPS) is 12.9. The van der Waals surface area contributed by atoms with E-state index in [0.717, 1.165) is 11.1 Å². The number of benzene rings is 1. The highest BCUT2D eigenvalue weighted by molar-refractivity contribution is 5.61. The fourth-order valence-electron chi connectivity index (χ4n) is 1.64. The Morgan fingerprint density at radius 2 is 1.91 bits per heavy atom. The lowest BCUT2D eigenvalue weighted by Gasteiger charge is -2.22. The molecule has 1 atom stereocenters. The van der Waals surface area contributed by atoms with Crippen molar-refractivity contribution in [2.75, 3.05) is 0 Å². The highest BCUT2D eigenvalue weighted by Crippen LogP contribution is 2.15. The summed E-state index contributed by atoms with van der Waals surface area (Å²) in [7, 11) is 0. The fraction of sp³-hybridized carbons (Fsp3) is 0.421. The Kier molecular flexibility index (Phi) is 6.72. The van der Waals surface area contributed by atoms with Crippen molar-refractivity contribution in [3.8, 4) is 11.8 Å². The molecule has 0 spiro atoms. The SMILES string of the molecule is C/C=C(\C)C(CC#Cc1ccccc1)OC(=O)OC(C)(C)C. The van der Waals surface area contributed by atoms with Gasteiger partial charge in [-0.15, -0.1) is 0 Å². The molecule has 0 fully saturated rings. The van der Waals surface area contributed by atoms with E-state index in [-0.39, 0.29) is 0 Å². The first-order valence-electron chi connectivity index (χ1n) is 7.38. The largest absolute Gasteiger partial charge is 0.509 e. The summed E-state index contributed by atoms with van der Waals surface area (Å²) < 4.78 is 10.6. The van der Waals surface area contributed by atoms with Crippen molar-refractivity contribution in [3.63, 3.8) is 0 Å². The van der Waals surface area contributed by atoms with Crippen molar-refractivity contribution in [1.82, 2.24) is 0 Å². The van der Waals surface area contributed by atoms with Gasteiger partial charge in [-0.1, -0.05) is 36.1 Å². The van der Waals surface area contributed by atoms with Gasteiger partial charge in [0.1, 0.15) is 11.7 Å². The summed E-state index contributed by atoms with van der Waals surface area (Å²) in [5.41, 5.74) is 1.33. The molecule has 1 aromatic rings.